The minimum Gasteiger partial charge on any atom is -0.487 e. The molecule has 0 fully saturated rings. The number of fused-ring (bicyclic) bond motifs is 1. The van der Waals surface area contributed by atoms with E-state index >= 15 is 0 Å². The SMILES string of the molecule is Cc1cccc(COc2ccc3c(c2)C(O)CCC3)n1. The quantitative estimate of drug-likeness (QED) is 0.929. The van der Waals surface area contributed by atoms with Crippen LogP contribution in [0.1, 0.15) is 41.5 Å². The second-order valence-electron chi connectivity index (χ2n) is 5.33. The highest BCUT2D eigenvalue weighted by Crippen LogP contribution is 2.32. The number of ether oxygens (including phenoxy) is 1. The van der Waals surface area contributed by atoms with Crippen molar-refractivity contribution in [1.82, 2.24) is 4.98 Å². The fourth-order valence-corrected chi connectivity index (χ4v) is 2.68. The first-order valence-electron chi connectivity index (χ1n) is 7.08. The van der Waals surface area contributed by atoms with Crippen molar-refractivity contribution >= 4 is 0 Å². The maximum atomic E-state index is 10.0. The van der Waals surface area contributed by atoms with E-state index in [1.54, 1.807) is 0 Å². The van der Waals surface area contributed by atoms with Crippen LogP contribution in [0.25, 0.3) is 0 Å². The van der Waals surface area contributed by atoms with Crippen LogP contribution in [-0.4, -0.2) is 10.1 Å². The first-order chi connectivity index (χ1) is 9.72. The molecular weight excluding hydrogens is 250 g/mol. The van der Waals surface area contributed by atoms with Gasteiger partial charge >= 0.3 is 0 Å². The third-order valence-corrected chi connectivity index (χ3v) is 3.73. The van der Waals surface area contributed by atoms with Gasteiger partial charge in [0.15, 0.2) is 0 Å². The van der Waals surface area contributed by atoms with Crippen molar-refractivity contribution in [2.45, 2.75) is 38.9 Å². The zero-order valence-corrected chi connectivity index (χ0v) is 11.7. The summed E-state index contributed by atoms with van der Waals surface area (Å²) in [6.07, 6.45) is 2.60. The molecule has 0 spiro atoms. The number of hydrogen-bond acceptors (Lipinski definition) is 3. The Kier molecular flexibility index (Phi) is 3.70. The summed E-state index contributed by atoms with van der Waals surface area (Å²) in [5.41, 5.74) is 4.17. The predicted octanol–water partition coefficient (Wildman–Crippen LogP) is 3.34. The van der Waals surface area contributed by atoms with Crippen molar-refractivity contribution in [2.75, 3.05) is 0 Å². The number of pyridine rings is 1. The van der Waals surface area contributed by atoms with Crippen LogP contribution in [0.4, 0.5) is 0 Å². The second-order valence-corrected chi connectivity index (χ2v) is 5.33. The third-order valence-electron chi connectivity index (χ3n) is 3.73. The molecular formula is C17H19NO2. The summed E-state index contributed by atoms with van der Waals surface area (Å²) in [6, 6.07) is 11.9. The molecule has 1 aromatic carbocycles. The van der Waals surface area contributed by atoms with Gasteiger partial charge in [-0.15, -0.1) is 0 Å². The topological polar surface area (TPSA) is 42.4 Å². The number of aromatic nitrogens is 1. The van der Waals surface area contributed by atoms with Gasteiger partial charge in [-0.25, -0.2) is 0 Å². The van der Waals surface area contributed by atoms with Crippen LogP contribution in [-0.2, 0) is 13.0 Å². The van der Waals surface area contributed by atoms with Gasteiger partial charge in [0.2, 0.25) is 0 Å². The molecule has 0 bridgehead atoms. The number of aliphatic hydroxyl groups is 1. The maximum absolute atomic E-state index is 10.0. The van der Waals surface area contributed by atoms with E-state index in [1.165, 1.54) is 5.56 Å². The molecule has 1 heterocycles. The summed E-state index contributed by atoms with van der Waals surface area (Å²) in [6.45, 7) is 2.43. The Bertz CT molecular complexity index is 610. The number of aliphatic hydroxyl groups excluding tert-OH is 1. The van der Waals surface area contributed by atoms with E-state index in [-0.39, 0.29) is 6.10 Å². The standard InChI is InChI=1S/C17H19NO2/c1-12-4-2-6-14(18-12)11-20-15-9-8-13-5-3-7-17(19)16(13)10-15/h2,4,6,8-10,17,19H,3,5,7,11H2,1H3. The molecule has 104 valence electrons. The minimum absolute atomic E-state index is 0.348. The smallest absolute Gasteiger partial charge is 0.130 e. The van der Waals surface area contributed by atoms with Crippen LogP contribution in [0.5, 0.6) is 5.75 Å². The van der Waals surface area contributed by atoms with Crippen LogP contribution in [0, 0.1) is 6.92 Å². The van der Waals surface area contributed by atoms with Crippen molar-refractivity contribution in [3.05, 3.63) is 58.9 Å². The van der Waals surface area contributed by atoms with Crippen LogP contribution < -0.4 is 4.74 Å². The largest absolute Gasteiger partial charge is 0.487 e. The molecule has 1 unspecified atom stereocenters. The first-order valence-corrected chi connectivity index (χ1v) is 7.08. The normalized spacial score (nSPS) is 17.6. The highest BCUT2D eigenvalue weighted by atomic mass is 16.5. The Hall–Kier alpha value is -1.87. The second kappa shape index (κ2) is 5.63. The Morgan fingerprint density at radius 3 is 3.05 bits per heavy atom. The van der Waals surface area contributed by atoms with Gasteiger partial charge in [-0.2, -0.15) is 0 Å². The van der Waals surface area contributed by atoms with Crippen molar-refractivity contribution in [3.63, 3.8) is 0 Å². The third kappa shape index (κ3) is 2.83. The number of aryl methyl sites for hydroxylation is 2. The number of rotatable bonds is 3. The Labute approximate surface area is 119 Å². The molecule has 3 nitrogen and oxygen atoms in total. The summed E-state index contributed by atoms with van der Waals surface area (Å²) in [5.74, 6) is 0.799. The number of benzene rings is 1. The Morgan fingerprint density at radius 2 is 2.20 bits per heavy atom. The lowest BCUT2D eigenvalue weighted by molar-refractivity contribution is 0.156. The van der Waals surface area contributed by atoms with Crippen molar-refractivity contribution < 1.29 is 9.84 Å². The summed E-state index contributed by atoms with van der Waals surface area (Å²) >= 11 is 0. The zero-order valence-electron chi connectivity index (χ0n) is 11.7. The van der Waals surface area contributed by atoms with Gasteiger partial charge in [0.1, 0.15) is 12.4 Å². The predicted molar refractivity (Wildman–Crippen MR) is 77.6 cm³/mol. The van der Waals surface area contributed by atoms with Gasteiger partial charge < -0.3 is 9.84 Å². The lowest BCUT2D eigenvalue weighted by Crippen LogP contribution is -2.09. The average Bonchev–Trinajstić information content (AvgIpc) is 2.46. The van der Waals surface area contributed by atoms with Gasteiger partial charge in [-0.3, -0.25) is 4.98 Å². The molecule has 0 radical (unpaired) electrons. The van der Waals surface area contributed by atoms with Crippen LogP contribution in [0.15, 0.2) is 36.4 Å². The lowest BCUT2D eigenvalue weighted by Gasteiger charge is -2.21. The van der Waals surface area contributed by atoms with Crippen molar-refractivity contribution in [2.24, 2.45) is 0 Å². The highest BCUT2D eigenvalue weighted by Gasteiger charge is 2.18. The molecule has 2 aromatic rings. The molecule has 1 aliphatic carbocycles. The van der Waals surface area contributed by atoms with Crippen LogP contribution >= 0.6 is 0 Å². The summed E-state index contributed by atoms with van der Waals surface area (Å²) in [7, 11) is 0. The molecule has 0 saturated heterocycles. The fourth-order valence-electron chi connectivity index (χ4n) is 2.68. The average molecular weight is 269 g/mol. The van der Waals surface area contributed by atoms with E-state index in [2.05, 4.69) is 11.1 Å². The van der Waals surface area contributed by atoms with Crippen LogP contribution in [0.3, 0.4) is 0 Å². The van der Waals surface area contributed by atoms with Crippen LogP contribution in [0.2, 0.25) is 0 Å². The Morgan fingerprint density at radius 1 is 1.30 bits per heavy atom. The molecule has 0 saturated carbocycles. The van der Waals surface area contributed by atoms with Gasteiger partial charge in [-0.1, -0.05) is 12.1 Å². The molecule has 1 N–H and O–H groups in total. The highest BCUT2D eigenvalue weighted by molar-refractivity contribution is 5.38. The van der Waals surface area contributed by atoms with Gasteiger partial charge in [0.05, 0.1) is 11.8 Å². The first kappa shape index (κ1) is 13.1. The molecule has 0 amide bonds. The zero-order chi connectivity index (χ0) is 13.9. The van der Waals surface area contributed by atoms with E-state index < -0.39 is 0 Å². The molecule has 20 heavy (non-hydrogen) atoms. The fraction of sp³-hybridized carbons (Fsp3) is 0.353. The summed E-state index contributed by atoms with van der Waals surface area (Å²) in [4.78, 5) is 4.42. The van der Waals surface area contributed by atoms with E-state index in [1.807, 2.05) is 37.3 Å². The van der Waals surface area contributed by atoms with E-state index in [4.69, 9.17) is 4.74 Å². The van der Waals surface area contributed by atoms with Gasteiger partial charge in [0.25, 0.3) is 0 Å². The van der Waals surface area contributed by atoms with E-state index in [9.17, 15) is 5.11 Å². The monoisotopic (exact) mass is 269 g/mol. The number of nitrogens with zero attached hydrogens (tertiary/aromatic N) is 1. The minimum atomic E-state index is -0.348. The molecule has 1 aliphatic rings. The van der Waals surface area contributed by atoms with E-state index in [0.717, 1.165) is 42.0 Å². The van der Waals surface area contributed by atoms with E-state index in [0.29, 0.717) is 6.61 Å². The molecule has 1 atom stereocenters. The lowest BCUT2D eigenvalue weighted by atomic mass is 9.89. The molecule has 3 rings (SSSR count). The number of hydrogen-bond donors (Lipinski definition) is 1. The van der Waals surface area contributed by atoms with Gasteiger partial charge in [0, 0.05) is 5.69 Å². The van der Waals surface area contributed by atoms with Crippen molar-refractivity contribution in [1.29, 1.82) is 0 Å². The molecule has 0 aliphatic heterocycles. The maximum Gasteiger partial charge on any atom is 0.130 e. The molecule has 3 heteroatoms. The van der Waals surface area contributed by atoms with Crippen molar-refractivity contribution in [3.8, 4) is 5.75 Å². The van der Waals surface area contributed by atoms with Gasteiger partial charge in [-0.05, 0) is 61.6 Å². The summed E-state index contributed by atoms with van der Waals surface area (Å²) < 4.78 is 5.79. The molecule has 1 aromatic heterocycles. The summed E-state index contributed by atoms with van der Waals surface area (Å²) in [5, 5.41) is 10.0. The Balaban J connectivity index is 1.73.